The van der Waals surface area contributed by atoms with Crippen LogP contribution in [0.25, 0.3) is 22.2 Å². The molecule has 2 aromatic heterocycles. The summed E-state index contributed by atoms with van der Waals surface area (Å²) in [6, 6.07) is 8.76. The number of rotatable bonds is 3. The third kappa shape index (κ3) is 3.89. The molecule has 0 atom stereocenters. The second kappa shape index (κ2) is 7.17. The summed E-state index contributed by atoms with van der Waals surface area (Å²) < 4.78 is 12.3. The zero-order chi connectivity index (χ0) is 19.8. The number of aliphatic hydroxyl groups excluding tert-OH is 1. The van der Waals surface area contributed by atoms with Gasteiger partial charge in [-0.1, -0.05) is 23.7 Å². The highest BCUT2D eigenvalue weighted by atomic mass is 35.5. The Morgan fingerprint density at radius 1 is 1.22 bits per heavy atom. The number of carbonyl (C=O) groups is 1. The average molecular weight is 390 g/mol. The van der Waals surface area contributed by atoms with Gasteiger partial charge in [-0.05, 0) is 44.5 Å². The number of halogens is 1. The van der Waals surface area contributed by atoms with Crippen molar-refractivity contribution < 1.29 is 19.4 Å². The third-order valence-corrected chi connectivity index (χ3v) is 4.01. The van der Waals surface area contributed by atoms with Gasteiger partial charge in [0.2, 0.25) is 5.88 Å². The molecule has 0 aliphatic carbocycles. The Morgan fingerprint density at radius 3 is 2.59 bits per heavy atom. The normalized spacial score (nSPS) is 11.6. The molecule has 0 bridgehead atoms. The van der Waals surface area contributed by atoms with E-state index in [1.54, 1.807) is 39.0 Å². The number of nitrogens with zero attached hydrogens (tertiary/aromatic N) is 3. The van der Waals surface area contributed by atoms with Gasteiger partial charge in [-0.25, -0.2) is 9.36 Å². The first-order chi connectivity index (χ1) is 12.7. The summed E-state index contributed by atoms with van der Waals surface area (Å²) in [6.45, 7) is 5.24. The molecule has 0 unspecified atom stereocenters. The molecule has 8 heteroatoms. The van der Waals surface area contributed by atoms with Gasteiger partial charge in [0.25, 0.3) is 0 Å². The van der Waals surface area contributed by atoms with E-state index >= 15 is 0 Å². The van der Waals surface area contributed by atoms with Crippen molar-refractivity contribution in [3.8, 4) is 17.1 Å². The Hall–Kier alpha value is -2.64. The predicted octanol–water partition coefficient (Wildman–Crippen LogP) is 4.04. The fourth-order valence-corrected chi connectivity index (χ4v) is 2.89. The van der Waals surface area contributed by atoms with Gasteiger partial charge in [-0.2, -0.15) is 0 Å². The van der Waals surface area contributed by atoms with Crippen LogP contribution in [-0.2, 0) is 11.3 Å². The number of carbonyl (C=O) groups excluding carboxylic acids is 1. The van der Waals surface area contributed by atoms with Crippen LogP contribution in [-0.4, -0.2) is 38.7 Å². The molecule has 7 nitrogen and oxygen atoms in total. The zero-order valence-electron chi connectivity index (χ0n) is 15.5. The first-order valence-electron chi connectivity index (χ1n) is 8.29. The van der Waals surface area contributed by atoms with Crippen LogP contribution in [0.3, 0.4) is 0 Å². The van der Waals surface area contributed by atoms with Crippen molar-refractivity contribution in [1.29, 1.82) is 0 Å². The first kappa shape index (κ1) is 19.1. The number of aromatic nitrogens is 3. The van der Waals surface area contributed by atoms with Gasteiger partial charge in [0.1, 0.15) is 5.60 Å². The van der Waals surface area contributed by atoms with Crippen LogP contribution in [0.4, 0.5) is 4.79 Å². The van der Waals surface area contributed by atoms with Crippen LogP contribution >= 0.6 is 11.6 Å². The standard InChI is InChI=1S/C19H20ClN3O4/c1-19(2,3)27-18(25)23-14-7-11(10-24)5-6-12(14)8-15(23)13-9-16(20)21-22-17(13)26-4/h5-9,24H,10H2,1-4H3. The third-order valence-electron chi connectivity index (χ3n) is 3.83. The molecule has 0 saturated carbocycles. The van der Waals surface area contributed by atoms with Crippen molar-refractivity contribution in [3.05, 3.63) is 41.0 Å². The molecular formula is C19H20ClN3O4. The Morgan fingerprint density at radius 2 is 1.96 bits per heavy atom. The van der Waals surface area contributed by atoms with Crippen LogP contribution in [0.15, 0.2) is 30.3 Å². The van der Waals surface area contributed by atoms with Crippen molar-refractivity contribution in [1.82, 2.24) is 14.8 Å². The van der Waals surface area contributed by atoms with Crippen molar-refractivity contribution in [3.63, 3.8) is 0 Å². The van der Waals surface area contributed by atoms with E-state index in [9.17, 15) is 9.90 Å². The maximum atomic E-state index is 13.0. The lowest BCUT2D eigenvalue weighted by molar-refractivity contribution is 0.0547. The van der Waals surface area contributed by atoms with E-state index in [-0.39, 0.29) is 17.6 Å². The van der Waals surface area contributed by atoms with E-state index < -0.39 is 11.7 Å². The van der Waals surface area contributed by atoms with Crippen LogP contribution in [0.5, 0.6) is 5.88 Å². The van der Waals surface area contributed by atoms with E-state index in [4.69, 9.17) is 21.1 Å². The molecular weight excluding hydrogens is 370 g/mol. The van der Waals surface area contributed by atoms with E-state index in [1.165, 1.54) is 11.7 Å². The highest BCUT2D eigenvalue weighted by Crippen LogP contribution is 2.35. The number of methoxy groups -OCH3 is 1. The summed E-state index contributed by atoms with van der Waals surface area (Å²) in [4.78, 5) is 13.0. The van der Waals surface area contributed by atoms with Crippen molar-refractivity contribution in [2.75, 3.05) is 7.11 Å². The van der Waals surface area contributed by atoms with Gasteiger partial charge in [-0.3, -0.25) is 0 Å². The van der Waals surface area contributed by atoms with E-state index in [2.05, 4.69) is 10.2 Å². The molecule has 1 aromatic carbocycles. The summed E-state index contributed by atoms with van der Waals surface area (Å²) >= 11 is 6.02. The second-order valence-corrected chi connectivity index (χ2v) is 7.37. The fourth-order valence-electron chi connectivity index (χ4n) is 2.74. The van der Waals surface area contributed by atoms with Crippen LogP contribution in [0.1, 0.15) is 26.3 Å². The SMILES string of the molecule is COc1nnc(Cl)cc1-c1cc2ccc(CO)cc2n1C(=O)OC(C)(C)C. The number of ether oxygens (including phenoxy) is 2. The molecule has 142 valence electrons. The van der Waals surface area contributed by atoms with Gasteiger partial charge < -0.3 is 14.6 Å². The van der Waals surface area contributed by atoms with Gasteiger partial charge in [0.15, 0.2) is 5.15 Å². The highest BCUT2D eigenvalue weighted by molar-refractivity contribution is 6.29. The number of fused-ring (bicyclic) bond motifs is 1. The fraction of sp³-hybridized carbons (Fsp3) is 0.316. The molecule has 1 N–H and O–H groups in total. The summed E-state index contributed by atoms with van der Waals surface area (Å²) in [5, 5.41) is 18.2. The lowest BCUT2D eigenvalue weighted by Crippen LogP contribution is -2.27. The molecule has 0 fully saturated rings. The van der Waals surface area contributed by atoms with Crippen LogP contribution in [0, 0.1) is 0 Å². The molecule has 2 heterocycles. The van der Waals surface area contributed by atoms with Gasteiger partial charge in [0, 0.05) is 5.39 Å². The number of hydrogen-bond donors (Lipinski definition) is 1. The summed E-state index contributed by atoms with van der Waals surface area (Å²) in [6.07, 6.45) is -0.558. The topological polar surface area (TPSA) is 86.5 Å². The zero-order valence-corrected chi connectivity index (χ0v) is 16.2. The maximum absolute atomic E-state index is 13.0. The largest absolute Gasteiger partial charge is 0.479 e. The van der Waals surface area contributed by atoms with Gasteiger partial charge in [-0.15, -0.1) is 10.2 Å². The molecule has 0 amide bonds. The maximum Gasteiger partial charge on any atom is 0.419 e. The Balaban J connectivity index is 2.31. The van der Waals surface area contributed by atoms with E-state index in [1.807, 2.05) is 12.1 Å². The quantitative estimate of drug-likeness (QED) is 0.727. The van der Waals surface area contributed by atoms with E-state index in [0.717, 1.165) is 5.39 Å². The molecule has 0 aliphatic heterocycles. The smallest absolute Gasteiger partial charge is 0.419 e. The summed E-state index contributed by atoms with van der Waals surface area (Å²) in [5.74, 6) is 0.231. The summed E-state index contributed by atoms with van der Waals surface area (Å²) in [5.41, 5.74) is 1.60. The van der Waals surface area contributed by atoms with Crippen LogP contribution in [0.2, 0.25) is 5.15 Å². The molecule has 3 aromatic rings. The first-order valence-corrected chi connectivity index (χ1v) is 8.67. The van der Waals surface area contributed by atoms with E-state index in [0.29, 0.717) is 22.3 Å². The van der Waals surface area contributed by atoms with Crippen molar-refractivity contribution in [2.24, 2.45) is 0 Å². The molecule has 0 saturated heterocycles. The molecule has 0 aliphatic rings. The Bertz CT molecular complexity index is 1010. The predicted molar refractivity (Wildman–Crippen MR) is 102 cm³/mol. The second-order valence-electron chi connectivity index (χ2n) is 6.99. The van der Waals surface area contributed by atoms with Gasteiger partial charge in [0.05, 0.1) is 30.5 Å². The molecule has 27 heavy (non-hydrogen) atoms. The van der Waals surface area contributed by atoms with Crippen molar-refractivity contribution >= 4 is 28.6 Å². The minimum atomic E-state index is -0.683. The monoisotopic (exact) mass is 389 g/mol. The molecule has 0 spiro atoms. The minimum absolute atomic E-state index is 0.142. The Labute approximate surface area is 161 Å². The average Bonchev–Trinajstić information content (AvgIpc) is 2.98. The molecule has 3 rings (SSSR count). The molecule has 0 radical (unpaired) electrons. The lowest BCUT2D eigenvalue weighted by Gasteiger charge is -2.21. The van der Waals surface area contributed by atoms with Crippen LogP contribution < -0.4 is 4.74 Å². The summed E-state index contributed by atoms with van der Waals surface area (Å²) in [7, 11) is 1.46. The Kier molecular flexibility index (Phi) is 5.08. The number of hydrogen-bond acceptors (Lipinski definition) is 6. The number of aliphatic hydroxyl groups is 1. The highest BCUT2D eigenvalue weighted by Gasteiger charge is 2.25. The van der Waals surface area contributed by atoms with Crippen molar-refractivity contribution in [2.45, 2.75) is 33.0 Å². The minimum Gasteiger partial charge on any atom is -0.479 e. The lowest BCUT2D eigenvalue weighted by atomic mass is 10.1. The number of benzene rings is 1. The van der Waals surface area contributed by atoms with Gasteiger partial charge >= 0.3 is 6.09 Å².